The van der Waals surface area contributed by atoms with Crippen molar-refractivity contribution < 1.29 is 0 Å². The molecule has 1 aliphatic heterocycles. The molecule has 8 heteroatoms. The van der Waals surface area contributed by atoms with Gasteiger partial charge in [0, 0.05) is 31.4 Å². The van der Waals surface area contributed by atoms with Gasteiger partial charge in [-0.3, -0.25) is 14.8 Å². The van der Waals surface area contributed by atoms with Crippen LogP contribution < -0.4 is 5.56 Å². The molecule has 1 unspecified atom stereocenters. The summed E-state index contributed by atoms with van der Waals surface area (Å²) in [7, 11) is 0. The molecular weight excluding hydrogens is 282 g/mol. The zero-order valence-electron chi connectivity index (χ0n) is 12.1. The smallest absolute Gasteiger partial charge is 0.272 e. The van der Waals surface area contributed by atoms with Crippen molar-refractivity contribution in [2.45, 2.75) is 25.4 Å². The number of H-pyrrole nitrogens is 1. The summed E-state index contributed by atoms with van der Waals surface area (Å²) >= 11 is 0. The molecule has 0 radical (unpaired) electrons. The maximum Gasteiger partial charge on any atom is 0.272 e. The maximum atomic E-state index is 12.0. The molecule has 1 aliphatic rings. The van der Waals surface area contributed by atoms with Crippen molar-refractivity contribution in [3.63, 3.8) is 0 Å². The molecule has 3 aromatic rings. The Morgan fingerprint density at radius 3 is 3.05 bits per heavy atom. The summed E-state index contributed by atoms with van der Waals surface area (Å²) < 4.78 is 1.44. The Kier molecular flexibility index (Phi) is 3.23. The van der Waals surface area contributed by atoms with E-state index in [4.69, 9.17) is 0 Å². The standard InChI is InChI=1S/C14H17N7O/c22-14-8-11(18-13-3-4-15-20(13)14)9-19-7-1-2-12(10-19)21-16-5-6-17-21/h3-6,8,12,15H,1-2,7,9-10H2. The lowest BCUT2D eigenvalue weighted by molar-refractivity contribution is 0.153. The number of hydrogen-bond donors (Lipinski definition) is 1. The number of nitrogens with one attached hydrogen (secondary N) is 1. The van der Waals surface area contributed by atoms with Gasteiger partial charge in [-0.2, -0.15) is 15.0 Å². The number of aromatic nitrogens is 6. The minimum atomic E-state index is -0.0766. The van der Waals surface area contributed by atoms with Crippen LogP contribution in [0.15, 0.2) is 35.5 Å². The molecule has 1 saturated heterocycles. The topological polar surface area (TPSA) is 84.1 Å². The summed E-state index contributed by atoms with van der Waals surface area (Å²) in [5, 5.41) is 11.3. The fourth-order valence-electron chi connectivity index (χ4n) is 3.07. The van der Waals surface area contributed by atoms with Crippen molar-refractivity contribution in [1.82, 2.24) is 34.5 Å². The molecule has 8 nitrogen and oxygen atoms in total. The van der Waals surface area contributed by atoms with Gasteiger partial charge in [-0.15, -0.1) is 0 Å². The minimum Gasteiger partial charge on any atom is -0.297 e. The fourth-order valence-corrected chi connectivity index (χ4v) is 3.07. The predicted octanol–water partition coefficient (Wildman–Crippen LogP) is 0.451. The van der Waals surface area contributed by atoms with Gasteiger partial charge >= 0.3 is 0 Å². The van der Waals surface area contributed by atoms with Gasteiger partial charge in [0.2, 0.25) is 0 Å². The Bertz CT molecular complexity index is 819. The van der Waals surface area contributed by atoms with E-state index in [1.54, 1.807) is 35.5 Å². The highest BCUT2D eigenvalue weighted by Crippen LogP contribution is 2.20. The summed E-state index contributed by atoms with van der Waals surface area (Å²) in [5.41, 5.74) is 1.38. The van der Waals surface area contributed by atoms with Crippen LogP contribution in [0, 0.1) is 0 Å². The van der Waals surface area contributed by atoms with Gasteiger partial charge in [-0.1, -0.05) is 0 Å². The molecule has 3 aromatic heterocycles. The summed E-state index contributed by atoms with van der Waals surface area (Å²) in [6, 6.07) is 3.69. The van der Waals surface area contributed by atoms with Crippen molar-refractivity contribution in [2.24, 2.45) is 0 Å². The molecule has 1 atom stereocenters. The molecule has 0 amide bonds. The van der Waals surface area contributed by atoms with Gasteiger partial charge in [0.25, 0.3) is 5.56 Å². The third-order valence-electron chi connectivity index (χ3n) is 4.06. The van der Waals surface area contributed by atoms with E-state index in [1.807, 2.05) is 0 Å². The molecule has 22 heavy (non-hydrogen) atoms. The highest BCUT2D eigenvalue weighted by Gasteiger charge is 2.22. The van der Waals surface area contributed by atoms with Crippen LogP contribution in [0.5, 0.6) is 0 Å². The summed E-state index contributed by atoms with van der Waals surface area (Å²) in [6.07, 6.45) is 7.31. The minimum absolute atomic E-state index is 0.0766. The van der Waals surface area contributed by atoms with Gasteiger partial charge in [-0.05, 0) is 19.4 Å². The van der Waals surface area contributed by atoms with E-state index < -0.39 is 0 Å². The van der Waals surface area contributed by atoms with Gasteiger partial charge in [0.05, 0.1) is 24.1 Å². The van der Waals surface area contributed by atoms with E-state index in [0.29, 0.717) is 18.2 Å². The first-order valence-electron chi connectivity index (χ1n) is 7.44. The number of nitrogens with zero attached hydrogens (tertiary/aromatic N) is 6. The van der Waals surface area contributed by atoms with Crippen LogP contribution in [-0.4, -0.2) is 47.6 Å². The van der Waals surface area contributed by atoms with Crippen LogP contribution in [0.25, 0.3) is 5.65 Å². The Morgan fingerprint density at radius 2 is 2.18 bits per heavy atom. The van der Waals surface area contributed by atoms with Crippen LogP contribution in [-0.2, 0) is 6.54 Å². The van der Waals surface area contributed by atoms with E-state index in [9.17, 15) is 4.79 Å². The van der Waals surface area contributed by atoms with Crippen molar-refractivity contribution in [3.8, 4) is 0 Å². The van der Waals surface area contributed by atoms with Crippen LogP contribution >= 0.6 is 0 Å². The van der Waals surface area contributed by atoms with Crippen LogP contribution in [0.1, 0.15) is 24.6 Å². The lowest BCUT2D eigenvalue weighted by Gasteiger charge is -2.31. The van der Waals surface area contributed by atoms with Crippen LogP contribution in [0.2, 0.25) is 0 Å². The van der Waals surface area contributed by atoms with Crippen molar-refractivity contribution in [1.29, 1.82) is 0 Å². The molecule has 4 rings (SSSR count). The molecule has 1 N–H and O–H groups in total. The molecule has 0 saturated carbocycles. The normalized spacial score (nSPS) is 19.7. The molecule has 0 bridgehead atoms. The zero-order chi connectivity index (χ0) is 14.9. The predicted molar refractivity (Wildman–Crippen MR) is 79.4 cm³/mol. The third kappa shape index (κ3) is 2.41. The van der Waals surface area contributed by atoms with Gasteiger partial charge < -0.3 is 0 Å². The van der Waals surface area contributed by atoms with Crippen molar-refractivity contribution >= 4 is 5.65 Å². The fraction of sp³-hybridized carbons (Fsp3) is 0.429. The molecule has 114 valence electrons. The molecule has 0 aromatic carbocycles. The Morgan fingerprint density at radius 1 is 1.32 bits per heavy atom. The molecule has 0 aliphatic carbocycles. The molecule has 0 spiro atoms. The third-order valence-corrected chi connectivity index (χ3v) is 4.06. The Balaban J connectivity index is 1.53. The van der Waals surface area contributed by atoms with E-state index in [-0.39, 0.29) is 5.56 Å². The number of hydrogen-bond acceptors (Lipinski definition) is 5. The average Bonchev–Trinajstić information content (AvgIpc) is 3.19. The van der Waals surface area contributed by atoms with Gasteiger partial charge in [0.1, 0.15) is 0 Å². The van der Waals surface area contributed by atoms with Gasteiger partial charge in [0.15, 0.2) is 5.65 Å². The Hall–Kier alpha value is -2.48. The van der Waals surface area contributed by atoms with E-state index in [2.05, 4.69) is 25.2 Å². The van der Waals surface area contributed by atoms with Crippen LogP contribution in [0.4, 0.5) is 0 Å². The van der Waals surface area contributed by atoms with Crippen LogP contribution in [0.3, 0.4) is 0 Å². The first-order chi connectivity index (χ1) is 10.8. The summed E-state index contributed by atoms with van der Waals surface area (Å²) in [6.45, 7) is 2.56. The number of rotatable bonds is 3. The van der Waals surface area contributed by atoms with E-state index >= 15 is 0 Å². The summed E-state index contributed by atoms with van der Waals surface area (Å²) in [5.74, 6) is 0. The second-order valence-electron chi connectivity index (χ2n) is 5.62. The lowest BCUT2D eigenvalue weighted by atomic mass is 10.1. The SMILES string of the molecule is O=c1cc(CN2CCCC(n3nccn3)C2)nc2cc[nH]n12. The van der Waals surface area contributed by atoms with Crippen molar-refractivity contribution in [3.05, 3.63) is 46.8 Å². The Labute approximate surface area is 126 Å². The molecule has 4 heterocycles. The van der Waals surface area contributed by atoms with E-state index in [0.717, 1.165) is 31.6 Å². The average molecular weight is 299 g/mol. The molecule has 1 fully saturated rings. The first-order valence-corrected chi connectivity index (χ1v) is 7.44. The number of piperidine rings is 1. The lowest BCUT2D eigenvalue weighted by Crippen LogP contribution is -2.37. The largest absolute Gasteiger partial charge is 0.297 e. The zero-order valence-corrected chi connectivity index (χ0v) is 12.1. The monoisotopic (exact) mass is 299 g/mol. The van der Waals surface area contributed by atoms with Crippen molar-refractivity contribution in [2.75, 3.05) is 13.1 Å². The van der Waals surface area contributed by atoms with Gasteiger partial charge in [-0.25, -0.2) is 9.50 Å². The quantitative estimate of drug-likeness (QED) is 0.759. The first kappa shape index (κ1) is 13.2. The number of likely N-dealkylation sites (tertiary alicyclic amines) is 1. The number of fused-ring (bicyclic) bond motifs is 1. The second kappa shape index (κ2) is 5.38. The summed E-state index contributed by atoms with van der Waals surface area (Å²) in [4.78, 5) is 20.6. The molecular formula is C14H17N7O. The number of aromatic amines is 1. The second-order valence-corrected chi connectivity index (χ2v) is 5.62. The maximum absolute atomic E-state index is 12.0. The highest BCUT2D eigenvalue weighted by atomic mass is 16.1. The van der Waals surface area contributed by atoms with E-state index in [1.165, 1.54) is 4.52 Å². The highest BCUT2D eigenvalue weighted by molar-refractivity contribution is 5.36.